The van der Waals surface area contributed by atoms with Crippen LogP contribution < -0.4 is 40.4 Å². The first kappa shape index (κ1) is 19.0. The SMILES string of the molecule is Nc1ccc(C[C@@H](C(=O)[O-])c2cn(C3CCCCC3)cn2)cn1.[Na+]. The molecule has 0 aromatic carbocycles. The molecule has 0 saturated heterocycles. The monoisotopic (exact) mass is 336 g/mol. The molecule has 2 aromatic heterocycles. The average molecular weight is 336 g/mol. The van der Waals surface area contributed by atoms with Crippen molar-refractivity contribution in [2.75, 3.05) is 5.73 Å². The number of imidazole rings is 1. The van der Waals surface area contributed by atoms with E-state index < -0.39 is 11.9 Å². The van der Waals surface area contributed by atoms with Gasteiger partial charge in [0.05, 0.1) is 18.0 Å². The Morgan fingerprint density at radius 2 is 2.04 bits per heavy atom. The van der Waals surface area contributed by atoms with Crippen LogP contribution in [-0.4, -0.2) is 20.5 Å². The number of hydrogen-bond donors (Lipinski definition) is 1. The Kier molecular flexibility index (Phi) is 6.83. The molecule has 1 aliphatic carbocycles. The predicted octanol–water partition coefficient (Wildman–Crippen LogP) is -1.55. The number of carbonyl (C=O) groups is 1. The molecule has 1 saturated carbocycles. The Morgan fingerprint density at radius 3 is 2.67 bits per heavy atom. The molecule has 0 spiro atoms. The van der Waals surface area contributed by atoms with Crippen LogP contribution in [0.25, 0.3) is 0 Å². The number of carbonyl (C=O) groups excluding carboxylic acids is 1. The first-order valence-corrected chi connectivity index (χ1v) is 8.08. The smallest absolute Gasteiger partial charge is 0.549 e. The van der Waals surface area contributed by atoms with Crippen LogP contribution in [0.4, 0.5) is 5.82 Å². The zero-order chi connectivity index (χ0) is 16.2. The molecule has 7 heteroatoms. The fourth-order valence-corrected chi connectivity index (χ4v) is 3.21. The van der Waals surface area contributed by atoms with E-state index in [2.05, 4.69) is 14.5 Å². The van der Waals surface area contributed by atoms with Gasteiger partial charge in [-0.25, -0.2) is 9.97 Å². The third-order valence-electron chi connectivity index (χ3n) is 4.55. The van der Waals surface area contributed by atoms with Crippen LogP contribution in [-0.2, 0) is 11.2 Å². The molecule has 2 aromatic rings. The zero-order valence-electron chi connectivity index (χ0n) is 14.0. The van der Waals surface area contributed by atoms with Crippen molar-refractivity contribution in [1.82, 2.24) is 14.5 Å². The van der Waals surface area contributed by atoms with E-state index in [0.29, 0.717) is 24.0 Å². The number of aliphatic carboxylic acids is 1. The van der Waals surface area contributed by atoms with Gasteiger partial charge in [0.2, 0.25) is 0 Å². The summed E-state index contributed by atoms with van der Waals surface area (Å²) in [6.07, 6.45) is 11.5. The Labute approximate surface area is 163 Å². The van der Waals surface area contributed by atoms with Crippen LogP contribution in [0.2, 0.25) is 0 Å². The van der Waals surface area contributed by atoms with Gasteiger partial charge in [-0.3, -0.25) is 0 Å². The van der Waals surface area contributed by atoms with Crippen molar-refractivity contribution in [1.29, 1.82) is 0 Å². The largest absolute Gasteiger partial charge is 1.00 e. The van der Waals surface area contributed by atoms with Gasteiger partial charge in [0.1, 0.15) is 5.82 Å². The minimum atomic E-state index is -1.12. The van der Waals surface area contributed by atoms with Crippen molar-refractivity contribution in [2.24, 2.45) is 0 Å². The summed E-state index contributed by atoms with van der Waals surface area (Å²) in [5.41, 5.74) is 6.91. The van der Waals surface area contributed by atoms with Crippen LogP contribution in [0.15, 0.2) is 30.9 Å². The van der Waals surface area contributed by atoms with Gasteiger partial charge in [0, 0.05) is 24.4 Å². The predicted molar refractivity (Wildman–Crippen MR) is 84.5 cm³/mol. The van der Waals surface area contributed by atoms with Crippen LogP contribution >= 0.6 is 0 Å². The van der Waals surface area contributed by atoms with Gasteiger partial charge >= 0.3 is 29.6 Å². The van der Waals surface area contributed by atoms with E-state index in [4.69, 9.17) is 5.73 Å². The summed E-state index contributed by atoms with van der Waals surface area (Å²) >= 11 is 0. The van der Waals surface area contributed by atoms with Gasteiger partial charge in [-0.1, -0.05) is 25.3 Å². The summed E-state index contributed by atoms with van der Waals surface area (Å²) in [7, 11) is 0. The minimum Gasteiger partial charge on any atom is -0.549 e. The molecule has 0 aliphatic heterocycles. The van der Waals surface area contributed by atoms with Gasteiger partial charge in [0.25, 0.3) is 0 Å². The fraction of sp³-hybridized carbons (Fsp3) is 0.471. The zero-order valence-corrected chi connectivity index (χ0v) is 16.0. The van der Waals surface area contributed by atoms with Gasteiger partial charge in [-0.15, -0.1) is 0 Å². The van der Waals surface area contributed by atoms with E-state index in [-0.39, 0.29) is 29.6 Å². The van der Waals surface area contributed by atoms with E-state index >= 15 is 0 Å². The molecule has 1 fully saturated rings. The Hall–Kier alpha value is -1.37. The molecule has 2 heterocycles. The molecule has 24 heavy (non-hydrogen) atoms. The van der Waals surface area contributed by atoms with Crippen molar-refractivity contribution >= 4 is 11.8 Å². The number of anilines is 1. The van der Waals surface area contributed by atoms with Crippen molar-refractivity contribution in [3.63, 3.8) is 0 Å². The number of hydrogen-bond acceptors (Lipinski definition) is 5. The first-order valence-electron chi connectivity index (χ1n) is 8.08. The number of rotatable bonds is 5. The molecule has 1 atom stereocenters. The van der Waals surface area contributed by atoms with Crippen molar-refractivity contribution in [3.05, 3.63) is 42.1 Å². The second-order valence-corrected chi connectivity index (χ2v) is 6.20. The Balaban J connectivity index is 0.00000208. The number of nitrogens with two attached hydrogens (primary N) is 1. The molecular weight excluding hydrogens is 315 g/mol. The molecular formula is C17H21N4NaO2. The van der Waals surface area contributed by atoms with Crippen molar-refractivity contribution < 1.29 is 39.5 Å². The van der Waals surface area contributed by atoms with E-state index in [1.165, 1.54) is 19.3 Å². The van der Waals surface area contributed by atoms with E-state index in [1.54, 1.807) is 24.7 Å². The quantitative estimate of drug-likeness (QED) is 0.667. The van der Waals surface area contributed by atoms with E-state index in [1.807, 2.05) is 6.20 Å². The summed E-state index contributed by atoms with van der Waals surface area (Å²) in [4.78, 5) is 19.9. The number of nitrogens with zero attached hydrogens (tertiary/aromatic N) is 3. The van der Waals surface area contributed by atoms with Crippen molar-refractivity contribution in [2.45, 2.75) is 50.5 Å². The number of nitrogen functional groups attached to an aromatic ring is 1. The molecule has 0 amide bonds. The maximum atomic E-state index is 11.6. The molecule has 122 valence electrons. The molecule has 3 rings (SSSR count). The number of pyridine rings is 1. The second kappa shape index (κ2) is 8.65. The maximum absolute atomic E-state index is 11.6. The van der Waals surface area contributed by atoms with E-state index in [9.17, 15) is 9.90 Å². The molecule has 0 unspecified atom stereocenters. The third-order valence-corrected chi connectivity index (χ3v) is 4.55. The number of aromatic nitrogens is 3. The molecule has 0 bridgehead atoms. The summed E-state index contributed by atoms with van der Waals surface area (Å²) in [5, 5.41) is 11.6. The van der Waals surface area contributed by atoms with Crippen LogP contribution in [0.3, 0.4) is 0 Å². The van der Waals surface area contributed by atoms with Gasteiger partial charge in [0.15, 0.2) is 0 Å². The van der Waals surface area contributed by atoms with Gasteiger partial charge in [-0.05, 0) is 30.9 Å². The standard InChI is InChI=1S/C17H22N4O2.Na/c18-16-7-6-12(9-19-16)8-14(17(22)23)15-10-21(11-20-15)13-4-2-1-3-5-13;/h6-7,9-11,13-14H,1-5,8H2,(H2,18,19)(H,22,23);/q;+1/p-1/t14-;/m1./s1. The van der Waals surface area contributed by atoms with E-state index in [0.717, 1.165) is 18.4 Å². The Morgan fingerprint density at radius 1 is 1.29 bits per heavy atom. The van der Waals surface area contributed by atoms with Crippen LogP contribution in [0.5, 0.6) is 0 Å². The topological polar surface area (TPSA) is 96.9 Å². The summed E-state index contributed by atoms with van der Waals surface area (Å²) in [5.74, 6) is -1.47. The fourth-order valence-electron chi connectivity index (χ4n) is 3.21. The first-order chi connectivity index (χ1) is 11.1. The maximum Gasteiger partial charge on any atom is 1.00 e. The van der Waals surface area contributed by atoms with Gasteiger partial charge < -0.3 is 20.2 Å². The van der Waals surface area contributed by atoms with Gasteiger partial charge in [-0.2, -0.15) is 0 Å². The van der Waals surface area contributed by atoms with Crippen LogP contribution in [0, 0.1) is 0 Å². The molecule has 2 N–H and O–H groups in total. The normalized spacial score (nSPS) is 16.3. The average Bonchev–Trinajstić information content (AvgIpc) is 3.04. The second-order valence-electron chi connectivity index (χ2n) is 6.20. The van der Waals surface area contributed by atoms with Crippen LogP contribution in [0.1, 0.15) is 55.3 Å². The van der Waals surface area contributed by atoms with Crippen molar-refractivity contribution in [3.8, 4) is 0 Å². The number of carboxylic acids is 1. The summed E-state index contributed by atoms with van der Waals surface area (Å²) in [6.45, 7) is 0. The Bertz CT molecular complexity index is 665. The number of carboxylic acid groups (broad SMARTS) is 1. The summed E-state index contributed by atoms with van der Waals surface area (Å²) < 4.78 is 2.06. The minimum absolute atomic E-state index is 0. The summed E-state index contributed by atoms with van der Waals surface area (Å²) in [6, 6.07) is 3.89. The third kappa shape index (κ3) is 4.59. The molecule has 6 nitrogen and oxygen atoms in total. The molecule has 0 radical (unpaired) electrons. The molecule has 1 aliphatic rings.